The number of carbonyl (C=O) groups is 2. The Kier molecular flexibility index (Phi) is 5.78. The van der Waals surface area contributed by atoms with Crippen molar-refractivity contribution in [1.82, 2.24) is 9.88 Å². The maximum absolute atomic E-state index is 12.7. The summed E-state index contributed by atoms with van der Waals surface area (Å²) in [5.74, 6) is -0.803. The lowest BCUT2D eigenvalue weighted by Crippen LogP contribution is -2.30. The van der Waals surface area contributed by atoms with E-state index in [0.29, 0.717) is 29.8 Å². The summed E-state index contributed by atoms with van der Waals surface area (Å²) < 4.78 is 5.62. The second kappa shape index (κ2) is 8.25. The van der Waals surface area contributed by atoms with Crippen molar-refractivity contribution in [1.29, 1.82) is 0 Å². The number of hydrogen-bond acceptors (Lipinski definition) is 5. The average molecular weight is 380 g/mol. The molecule has 1 aliphatic heterocycles. The Morgan fingerprint density at radius 2 is 1.93 bits per heavy atom. The highest BCUT2D eigenvalue weighted by Crippen LogP contribution is 2.39. The Bertz CT molecular complexity index is 889. The number of carbonyl (C=O) groups excluding carboxylic acids is 2. The molecular formula is C22H24N2O4. The number of Topliss-reactive ketones (excluding diaryl/α,β-unsaturated/α-hetero) is 1. The van der Waals surface area contributed by atoms with Crippen LogP contribution in [0, 0.1) is 0 Å². The van der Waals surface area contributed by atoms with Gasteiger partial charge < -0.3 is 14.7 Å². The molecule has 1 atom stereocenters. The van der Waals surface area contributed by atoms with Gasteiger partial charge in [0.1, 0.15) is 11.5 Å². The number of likely N-dealkylation sites (tertiary alicyclic amines) is 1. The fourth-order valence-corrected chi connectivity index (χ4v) is 3.35. The Balaban J connectivity index is 2.07. The van der Waals surface area contributed by atoms with Gasteiger partial charge in [0, 0.05) is 24.5 Å². The number of hydrogen-bond donors (Lipinski definition) is 1. The number of nitrogens with zero attached hydrogens (tertiary/aromatic N) is 2. The second-order valence-corrected chi connectivity index (χ2v) is 6.97. The predicted molar refractivity (Wildman–Crippen MR) is 106 cm³/mol. The summed E-state index contributed by atoms with van der Waals surface area (Å²) in [7, 11) is 0. The van der Waals surface area contributed by atoms with Crippen molar-refractivity contribution < 1.29 is 19.4 Å². The van der Waals surface area contributed by atoms with E-state index >= 15 is 0 Å². The number of aliphatic hydroxyl groups excluding tert-OH is 1. The van der Waals surface area contributed by atoms with E-state index in [9.17, 15) is 14.7 Å². The van der Waals surface area contributed by atoms with Crippen LogP contribution >= 0.6 is 0 Å². The standard InChI is InChI=1S/C22H24N2O4/c1-4-12-24-19(16-6-5-11-23-13-16)18(21(26)22(24)27)20(25)15-7-9-17(10-8-15)28-14(2)3/h5-11,13-14,19,25H,4,12H2,1-3H3/b20-18-. The van der Waals surface area contributed by atoms with E-state index in [-0.39, 0.29) is 17.4 Å². The summed E-state index contributed by atoms with van der Waals surface area (Å²) in [4.78, 5) is 30.9. The van der Waals surface area contributed by atoms with E-state index < -0.39 is 17.7 Å². The first-order valence-corrected chi connectivity index (χ1v) is 9.39. The molecule has 0 aliphatic carbocycles. The SMILES string of the molecule is CCCN1C(=O)C(=O)/C(=C(\O)c2ccc(OC(C)C)cc2)C1c1cccnc1. The van der Waals surface area contributed by atoms with Crippen molar-refractivity contribution in [3.05, 3.63) is 65.5 Å². The van der Waals surface area contributed by atoms with E-state index in [1.807, 2.05) is 20.8 Å². The van der Waals surface area contributed by atoms with Crippen LogP contribution in [0.5, 0.6) is 5.75 Å². The smallest absolute Gasteiger partial charge is 0.295 e. The number of pyridine rings is 1. The third kappa shape index (κ3) is 3.76. The number of benzene rings is 1. The summed E-state index contributed by atoms with van der Waals surface area (Å²) >= 11 is 0. The molecule has 2 aromatic rings. The monoisotopic (exact) mass is 380 g/mol. The first-order valence-electron chi connectivity index (χ1n) is 9.39. The number of ketones is 1. The summed E-state index contributed by atoms with van der Waals surface area (Å²) in [6.07, 6.45) is 3.98. The molecule has 28 heavy (non-hydrogen) atoms. The third-order valence-corrected chi connectivity index (χ3v) is 4.50. The Hall–Kier alpha value is -3.15. The van der Waals surface area contributed by atoms with Crippen LogP contribution in [0.1, 0.15) is 44.4 Å². The van der Waals surface area contributed by atoms with Crippen molar-refractivity contribution in [2.75, 3.05) is 6.54 Å². The van der Waals surface area contributed by atoms with Gasteiger partial charge in [-0.25, -0.2) is 0 Å². The van der Waals surface area contributed by atoms with E-state index in [2.05, 4.69) is 4.98 Å². The molecule has 6 heteroatoms. The molecule has 1 saturated heterocycles. The quantitative estimate of drug-likeness (QED) is 0.470. The molecule has 1 fully saturated rings. The van der Waals surface area contributed by atoms with Gasteiger partial charge in [-0.05, 0) is 56.2 Å². The average Bonchev–Trinajstić information content (AvgIpc) is 2.93. The number of ether oxygens (including phenoxy) is 1. The number of rotatable bonds is 6. The lowest BCUT2D eigenvalue weighted by atomic mass is 9.96. The van der Waals surface area contributed by atoms with Crippen molar-refractivity contribution in [2.45, 2.75) is 39.3 Å². The molecule has 0 bridgehead atoms. The fourth-order valence-electron chi connectivity index (χ4n) is 3.35. The topological polar surface area (TPSA) is 79.7 Å². The third-order valence-electron chi connectivity index (χ3n) is 4.50. The molecule has 1 aromatic heterocycles. The molecule has 1 amide bonds. The van der Waals surface area contributed by atoms with Crippen molar-refractivity contribution in [2.24, 2.45) is 0 Å². The lowest BCUT2D eigenvalue weighted by Gasteiger charge is -2.24. The van der Waals surface area contributed by atoms with Crippen LogP contribution < -0.4 is 4.74 Å². The van der Waals surface area contributed by atoms with Gasteiger partial charge in [0.05, 0.1) is 17.7 Å². The van der Waals surface area contributed by atoms with Crippen LogP contribution in [-0.2, 0) is 9.59 Å². The summed E-state index contributed by atoms with van der Waals surface area (Å²) in [6, 6.07) is 9.73. The first kappa shape index (κ1) is 19.6. The van der Waals surface area contributed by atoms with E-state index in [1.54, 1.807) is 48.8 Å². The van der Waals surface area contributed by atoms with Crippen LogP contribution in [-0.4, -0.2) is 39.3 Å². The Morgan fingerprint density at radius 3 is 2.50 bits per heavy atom. The second-order valence-electron chi connectivity index (χ2n) is 6.97. The maximum Gasteiger partial charge on any atom is 0.295 e. The predicted octanol–water partition coefficient (Wildman–Crippen LogP) is 3.70. The molecule has 3 rings (SSSR count). The van der Waals surface area contributed by atoms with Gasteiger partial charge in [-0.2, -0.15) is 0 Å². The minimum absolute atomic E-state index is 0.0318. The van der Waals surface area contributed by atoms with Crippen LogP contribution in [0.15, 0.2) is 54.4 Å². The minimum Gasteiger partial charge on any atom is -0.507 e. The fraction of sp³-hybridized carbons (Fsp3) is 0.318. The van der Waals surface area contributed by atoms with Crippen LogP contribution in [0.4, 0.5) is 0 Å². The summed E-state index contributed by atoms with van der Waals surface area (Å²) in [6.45, 7) is 6.21. The van der Waals surface area contributed by atoms with Crippen LogP contribution in [0.3, 0.4) is 0 Å². The lowest BCUT2D eigenvalue weighted by molar-refractivity contribution is -0.139. The van der Waals surface area contributed by atoms with Crippen molar-refractivity contribution in [3.8, 4) is 5.75 Å². The largest absolute Gasteiger partial charge is 0.507 e. The molecule has 6 nitrogen and oxygen atoms in total. The first-order chi connectivity index (χ1) is 13.4. The highest BCUT2D eigenvalue weighted by atomic mass is 16.5. The van der Waals surface area contributed by atoms with Gasteiger partial charge in [-0.1, -0.05) is 13.0 Å². The van der Waals surface area contributed by atoms with Crippen molar-refractivity contribution >= 4 is 17.4 Å². The van der Waals surface area contributed by atoms with E-state index in [4.69, 9.17) is 4.74 Å². The van der Waals surface area contributed by atoms with Gasteiger partial charge >= 0.3 is 0 Å². The van der Waals surface area contributed by atoms with E-state index in [1.165, 1.54) is 4.90 Å². The molecule has 2 heterocycles. The number of aliphatic hydroxyl groups is 1. The number of amides is 1. The zero-order chi connectivity index (χ0) is 20.3. The highest BCUT2D eigenvalue weighted by molar-refractivity contribution is 6.46. The summed E-state index contributed by atoms with van der Waals surface area (Å²) in [5.41, 5.74) is 1.24. The molecule has 1 N–H and O–H groups in total. The van der Waals surface area contributed by atoms with Gasteiger partial charge in [0.2, 0.25) is 0 Å². The normalized spacial score (nSPS) is 18.7. The molecule has 1 aromatic carbocycles. The van der Waals surface area contributed by atoms with Crippen LogP contribution in [0.25, 0.3) is 5.76 Å². The Morgan fingerprint density at radius 1 is 1.21 bits per heavy atom. The maximum atomic E-state index is 12.7. The molecular weight excluding hydrogens is 356 g/mol. The van der Waals surface area contributed by atoms with Gasteiger partial charge in [-0.15, -0.1) is 0 Å². The molecule has 146 valence electrons. The van der Waals surface area contributed by atoms with Crippen molar-refractivity contribution in [3.63, 3.8) is 0 Å². The van der Waals surface area contributed by atoms with Gasteiger partial charge in [0.25, 0.3) is 11.7 Å². The Labute approximate surface area is 164 Å². The molecule has 0 radical (unpaired) electrons. The zero-order valence-corrected chi connectivity index (χ0v) is 16.3. The molecule has 0 spiro atoms. The number of aromatic nitrogens is 1. The highest BCUT2D eigenvalue weighted by Gasteiger charge is 2.45. The van der Waals surface area contributed by atoms with Gasteiger partial charge in [-0.3, -0.25) is 14.6 Å². The molecule has 1 aliphatic rings. The molecule has 1 unspecified atom stereocenters. The van der Waals surface area contributed by atoms with E-state index in [0.717, 1.165) is 0 Å². The summed E-state index contributed by atoms with van der Waals surface area (Å²) in [5, 5.41) is 10.9. The van der Waals surface area contributed by atoms with Gasteiger partial charge in [0.15, 0.2) is 0 Å². The minimum atomic E-state index is -0.678. The molecule has 0 saturated carbocycles. The van der Waals surface area contributed by atoms with Crippen LogP contribution in [0.2, 0.25) is 0 Å². The zero-order valence-electron chi connectivity index (χ0n) is 16.3.